The Morgan fingerprint density at radius 2 is 1.95 bits per heavy atom. The number of methoxy groups -OCH3 is 1. The summed E-state index contributed by atoms with van der Waals surface area (Å²) in [5.74, 6) is 0.824. The Morgan fingerprint density at radius 3 is 2.60 bits per heavy atom. The molecule has 20 heavy (non-hydrogen) atoms. The van der Waals surface area contributed by atoms with Crippen LogP contribution in [0.4, 0.5) is 0 Å². The minimum absolute atomic E-state index is 0.0770. The summed E-state index contributed by atoms with van der Waals surface area (Å²) in [4.78, 5) is 0. The van der Waals surface area contributed by atoms with Crippen molar-refractivity contribution >= 4 is 15.9 Å². The van der Waals surface area contributed by atoms with Gasteiger partial charge in [0, 0.05) is 11.6 Å². The van der Waals surface area contributed by atoms with E-state index in [0.29, 0.717) is 19.8 Å². The van der Waals surface area contributed by atoms with Gasteiger partial charge < -0.3 is 18.9 Å². The quantitative estimate of drug-likeness (QED) is 0.822. The molecule has 1 aliphatic heterocycles. The van der Waals surface area contributed by atoms with Gasteiger partial charge in [-0.25, -0.2) is 0 Å². The Morgan fingerprint density at radius 1 is 1.25 bits per heavy atom. The van der Waals surface area contributed by atoms with Crippen LogP contribution in [0.3, 0.4) is 0 Å². The summed E-state index contributed by atoms with van der Waals surface area (Å²) in [6.45, 7) is 5.57. The van der Waals surface area contributed by atoms with E-state index < -0.39 is 0 Å². The molecule has 0 amide bonds. The van der Waals surface area contributed by atoms with Crippen molar-refractivity contribution in [3.8, 4) is 5.75 Å². The SMILES string of the molecule is COC(C)(C)C1COCC(COc2ccc(Br)cc2)O1. The van der Waals surface area contributed by atoms with Crippen LogP contribution >= 0.6 is 15.9 Å². The van der Waals surface area contributed by atoms with Crippen molar-refractivity contribution in [1.82, 2.24) is 0 Å². The first kappa shape index (κ1) is 15.8. The van der Waals surface area contributed by atoms with E-state index >= 15 is 0 Å². The summed E-state index contributed by atoms with van der Waals surface area (Å²) < 4.78 is 23.8. The van der Waals surface area contributed by atoms with E-state index in [2.05, 4.69) is 15.9 Å². The molecule has 0 aromatic heterocycles. The molecule has 0 N–H and O–H groups in total. The molecule has 112 valence electrons. The van der Waals surface area contributed by atoms with Gasteiger partial charge in [0.15, 0.2) is 0 Å². The third kappa shape index (κ3) is 4.19. The maximum Gasteiger partial charge on any atom is 0.119 e. The third-order valence-corrected chi connectivity index (χ3v) is 4.01. The Kier molecular flexibility index (Phi) is 5.43. The van der Waals surface area contributed by atoms with Crippen LogP contribution < -0.4 is 4.74 Å². The maximum atomic E-state index is 6.00. The molecule has 2 rings (SSSR count). The minimum Gasteiger partial charge on any atom is -0.491 e. The first-order valence-electron chi connectivity index (χ1n) is 6.68. The van der Waals surface area contributed by atoms with Gasteiger partial charge in [0.2, 0.25) is 0 Å². The molecule has 1 aromatic rings. The molecule has 1 saturated heterocycles. The fourth-order valence-corrected chi connectivity index (χ4v) is 2.19. The van der Waals surface area contributed by atoms with Gasteiger partial charge >= 0.3 is 0 Å². The van der Waals surface area contributed by atoms with Gasteiger partial charge in [-0.3, -0.25) is 0 Å². The molecular weight excluding hydrogens is 324 g/mol. The topological polar surface area (TPSA) is 36.9 Å². The van der Waals surface area contributed by atoms with Gasteiger partial charge in [-0.05, 0) is 38.1 Å². The number of ether oxygens (including phenoxy) is 4. The zero-order chi connectivity index (χ0) is 14.6. The second kappa shape index (κ2) is 6.89. The number of hydrogen-bond donors (Lipinski definition) is 0. The van der Waals surface area contributed by atoms with E-state index in [1.807, 2.05) is 38.1 Å². The van der Waals surface area contributed by atoms with Gasteiger partial charge in [-0.15, -0.1) is 0 Å². The Hall–Kier alpha value is -0.620. The second-order valence-electron chi connectivity index (χ2n) is 5.36. The average Bonchev–Trinajstić information content (AvgIpc) is 2.47. The highest BCUT2D eigenvalue weighted by atomic mass is 79.9. The molecule has 1 aliphatic rings. The van der Waals surface area contributed by atoms with Crippen LogP contribution in [0.5, 0.6) is 5.75 Å². The van der Waals surface area contributed by atoms with Crippen molar-refractivity contribution < 1.29 is 18.9 Å². The Labute approximate surface area is 128 Å². The lowest BCUT2D eigenvalue weighted by Crippen LogP contribution is -2.50. The first-order chi connectivity index (χ1) is 9.51. The van der Waals surface area contributed by atoms with E-state index in [1.165, 1.54) is 0 Å². The molecule has 5 heteroatoms. The molecule has 0 aliphatic carbocycles. The number of halogens is 1. The van der Waals surface area contributed by atoms with Crippen LogP contribution in [0, 0.1) is 0 Å². The zero-order valence-corrected chi connectivity index (χ0v) is 13.7. The fourth-order valence-electron chi connectivity index (χ4n) is 1.92. The van der Waals surface area contributed by atoms with Crippen molar-refractivity contribution in [2.24, 2.45) is 0 Å². The van der Waals surface area contributed by atoms with Crippen molar-refractivity contribution in [2.45, 2.75) is 31.7 Å². The summed E-state index contributed by atoms with van der Waals surface area (Å²) in [6, 6.07) is 7.74. The molecular formula is C15H21BrO4. The van der Waals surface area contributed by atoms with Crippen molar-refractivity contribution in [1.29, 1.82) is 0 Å². The molecule has 4 nitrogen and oxygen atoms in total. The molecule has 1 heterocycles. The van der Waals surface area contributed by atoms with Crippen LogP contribution in [0.1, 0.15) is 13.8 Å². The van der Waals surface area contributed by atoms with Crippen molar-refractivity contribution in [3.63, 3.8) is 0 Å². The lowest BCUT2D eigenvalue weighted by atomic mass is 10.0. The number of hydrogen-bond acceptors (Lipinski definition) is 4. The molecule has 0 spiro atoms. The summed E-state index contributed by atoms with van der Waals surface area (Å²) in [7, 11) is 1.69. The van der Waals surface area contributed by atoms with Gasteiger partial charge in [-0.2, -0.15) is 0 Å². The molecule has 2 unspecified atom stereocenters. The molecule has 0 radical (unpaired) electrons. The Balaban J connectivity index is 1.85. The summed E-state index contributed by atoms with van der Waals surface area (Å²) in [5.41, 5.74) is -0.365. The molecule has 1 fully saturated rings. The van der Waals surface area contributed by atoms with Crippen LogP contribution in [-0.4, -0.2) is 44.7 Å². The Bertz CT molecular complexity index is 418. The van der Waals surface area contributed by atoms with Crippen LogP contribution in [0.15, 0.2) is 28.7 Å². The predicted octanol–water partition coefficient (Wildman–Crippen LogP) is 3.04. The molecule has 2 atom stereocenters. The van der Waals surface area contributed by atoms with Crippen LogP contribution in [0.2, 0.25) is 0 Å². The zero-order valence-electron chi connectivity index (χ0n) is 12.1. The highest BCUT2D eigenvalue weighted by Crippen LogP contribution is 2.23. The highest BCUT2D eigenvalue weighted by molar-refractivity contribution is 9.10. The molecule has 0 bridgehead atoms. The van der Waals surface area contributed by atoms with Gasteiger partial charge in [-0.1, -0.05) is 15.9 Å². The maximum absolute atomic E-state index is 6.00. The minimum atomic E-state index is -0.365. The first-order valence-corrected chi connectivity index (χ1v) is 7.47. The smallest absolute Gasteiger partial charge is 0.119 e. The summed E-state index contributed by atoms with van der Waals surface area (Å²) in [6.07, 6.45) is -0.161. The predicted molar refractivity (Wildman–Crippen MR) is 80.2 cm³/mol. The largest absolute Gasteiger partial charge is 0.491 e. The number of benzene rings is 1. The summed E-state index contributed by atoms with van der Waals surface area (Å²) >= 11 is 3.40. The normalized spacial score (nSPS) is 23.6. The van der Waals surface area contributed by atoms with Crippen LogP contribution in [0.25, 0.3) is 0 Å². The standard InChI is InChI=1S/C15H21BrO4/c1-15(2,17-3)14-10-18-8-13(20-14)9-19-12-6-4-11(16)5-7-12/h4-7,13-14H,8-10H2,1-3H3. The van der Waals surface area contributed by atoms with Crippen molar-refractivity contribution in [3.05, 3.63) is 28.7 Å². The van der Waals surface area contributed by atoms with E-state index in [1.54, 1.807) is 7.11 Å². The van der Waals surface area contributed by atoms with Gasteiger partial charge in [0.25, 0.3) is 0 Å². The van der Waals surface area contributed by atoms with E-state index in [-0.39, 0.29) is 17.8 Å². The third-order valence-electron chi connectivity index (χ3n) is 3.48. The monoisotopic (exact) mass is 344 g/mol. The number of rotatable bonds is 5. The van der Waals surface area contributed by atoms with Gasteiger partial charge in [0.05, 0.1) is 18.8 Å². The lowest BCUT2D eigenvalue weighted by Gasteiger charge is -2.38. The van der Waals surface area contributed by atoms with E-state index in [9.17, 15) is 0 Å². The average molecular weight is 345 g/mol. The lowest BCUT2D eigenvalue weighted by molar-refractivity contribution is -0.209. The van der Waals surface area contributed by atoms with Gasteiger partial charge in [0.1, 0.15) is 24.6 Å². The van der Waals surface area contributed by atoms with Crippen molar-refractivity contribution in [2.75, 3.05) is 26.9 Å². The van der Waals surface area contributed by atoms with Crippen LogP contribution in [-0.2, 0) is 14.2 Å². The molecule has 1 aromatic carbocycles. The van der Waals surface area contributed by atoms with E-state index in [4.69, 9.17) is 18.9 Å². The summed E-state index contributed by atoms with van der Waals surface area (Å²) in [5, 5.41) is 0. The highest BCUT2D eigenvalue weighted by Gasteiger charge is 2.35. The second-order valence-corrected chi connectivity index (χ2v) is 6.27. The fraction of sp³-hybridized carbons (Fsp3) is 0.600. The van der Waals surface area contributed by atoms with E-state index in [0.717, 1.165) is 10.2 Å². The molecule has 0 saturated carbocycles.